The van der Waals surface area contributed by atoms with Gasteiger partial charge in [-0.3, -0.25) is 0 Å². The van der Waals surface area contributed by atoms with Crippen LogP contribution in [0, 0.1) is 0 Å². The lowest BCUT2D eigenvalue weighted by Crippen LogP contribution is -2.42. The lowest BCUT2D eigenvalue weighted by Gasteiger charge is -2.17. The summed E-state index contributed by atoms with van der Waals surface area (Å²) in [6.07, 6.45) is -0.722. The molecule has 1 amide bonds. The van der Waals surface area contributed by atoms with Crippen molar-refractivity contribution in [1.82, 2.24) is 5.32 Å². The lowest BCUT2D eigenvalue weighted by molar-refractivity contribution is -0.139. The summed E-state index contributed by atoms with van der Waals surface area (Å²) in [6, 6.07) is 21.3. The number of amides is 1. The highest BCUT2D eigenvalue weighted by Gasteiger charge is 2.29. The third kappa shape index (κ3) is 4.40. The van der Waals surface area contributed by atoms with Crippen LogP contribution >= 0.6 is 0 Å². The Morgan fingerprint density at radius 3 is 2.16 bits per heavy atom. The second kappa shape index (κ2) is 9.24. The molecule has 0 radical (unpaired) electrons. The molecule has 4 rings (SSSR count). The average Bonchev–Trinajstić information content (AvgIpc) is 3.12. The number of ether oxygens (including phenoxy) is 1. The number of alkyl carbamates (subject to hydrolysis) is 1. The van der Waals surface area contributed by atoms with Crippen LogP contribution in [-0.4, -0.2) is 29.8 Å². The molecule has 0 aliphatic heterocycles. The van der Waals surface area contributed by atoms with E-state index >= 15 is 0 Å². The number of nitrogens with zero attached hydrogens (tertiary/aromatic N) is 3. The Morgan fingerprint density at radius 2 is 1.59 bits per heavy atom. The second-order valence-corrected chi connectivity index (χ2v) is 7.42. The summed E-state index contributed by atoms with van der Waals surface area (Å²) in [5, 5.41) is 15.4. The first-order valence-corrected chi connectivity index (χ1v) is 10.0. The maximum absolute atomic E-state index is 12.4. The Hall–Kier alpha value is -4.29. The molecule has 1 aliphatic rings. The van der Waals surface area contributed by atoms with Crippen molar-refractivity contribution >= 4 is 17.7 Å². The van der Waals surface area contributed by atoms with Crippen LogP contribution in [0.5, 0.6) is 0 Å². The first-order valence-electron chi connectivity index (χ1n) is 10.0. The molecule has 0 heterocycles. The van der Waals surface area contributed by atoms with Gasteiger partial charge in [-0.1, -0.05) is 77.9 Å². The maximum atomic E-state index is 12.4. The van der Waals surface area contributed by atoms with Crippen LogP contribution in [0.2, 0.25) is 0 Å². The number of aliphatic carboxylic acids is 1. The van der Waals surface area contributed by atoms with Crippen LogP contribution in [0.4, 0.5) is 10.5 Å². The molecule has 0 fully saturated rings. The van der Waals surface area contributed by atoms with Crippen LogP contribution < -0.4 is 5.32 Å². The third-order valence-electron chi connectivity index (χ3n) is 5.47. The zero-order valence-corrected chi connectivity index (χ0v) is 17.0. The van der Waals surface area contributed by atoms with Gasteiger partial charge in [-0.15, -0.1) is 0 Å². The fraction of sp³-hybridized carbons (Fsp3) is 0.167. The van der Waals surface area contributed by atoms with Crippen molar-refractivity contribution in [3.63, 3.8) is 0 Å². The zero-order valence-electron chi connectivity index (χ0n) is 17.0. The number of azide groups is 1. The molecule has 1 atom stereocenters. The van der Waals surface area contributed by atoms with E-state index < -0.39 is 18.1 Å². The van der Waals surface area contributed by atoms with Gasteiger partial charge in [0.1, 0.15) is 12.6 Å². The molecule has 160 valence electrons. The van der Waals surface area contributed by atoms with E-state index in [0.29, 0.717) is 11.3 Å². The molecule has 0 saturated heterocycles. The summed E-state index contributed by atoms with van der Waals surface area (Å²) in [6.45, 7) is 0.104. The molecule has 3 aromatic carbocycles. The molecule has 8 heteroatoms. The number of carboxylic acids is 1. The number of carboxylic acid groups (broad SMARTS) is 1. The normalized spacial score (nSPS) is 12.8. The highest BCUT2D eigenvalue weighted by atomic mass is 16.5. The van der Waals surface area contributed by atoms with Crippen molar-refractivity contribution in [2.75, 3.05) is 6.61 Å². The number of carbonyl (C=O) groups excluding carboxylic acids is 1. The Morgan fingerprint density at radius 1 is 1.00 bits per heavy atom. The highest BCUT2D eigenvalue weighted by molar-refractivity contribution is 5.81. The van der Waals surface area contributed by atoms with Gasteiger partial charge < -0.3 is 15.2 Å². The van der Waals surface area contributed by atoms with Gasteiger partial charge in [0, 0.05) is 22.9 Å². The van der Waals surface area contributed by atoms with Gasteiger partial charge in [0.05, 0.1) is 0 Å². The molecule has 0 spiro atoms. The van der Waals surface area contributed by atoms with Gasteiger partial charge in [0.25, 0.3) is 0 Å². The molecule has 2 N–H and O–H groups in total. The zero-order chi connectivity index (χ0) is 22.5. The molecule has 3 aromatic rings. The summed E-state index contributed by atoms with van der Waals surface area (Å²) < 4.78 is 5.44. The average molecular weight is 428 g/mol. The molecule has 1 aliphatic carbocycles. The Balaban J connectivity index is 1.41. The topological polar surface area (TPSA) is 124 Å². The monoisotopic (exact) mass is 428 g/mol. The number of hydrogen-bond acceptors (Lipinski definition) is 4. The number of fused-ring (bicyclic) bond motifs is 3. The van der Waals surface area contributed by atoms with Crippen LogP contribution in [-0.2, 0) is 16.0 Å². The Labute approximate surface area is 184 Å². The van der Waals surface area contributed by atoms with Gasteiger partial charge in [-0.2, -0.15) is 0 Å². The van der Waals surface area contributed by atoms with Gasteiger partial charge >= 0.3 is 12.1 Å². The third-order valence-corrected chi connectivity index (χ3v) is 5.47. The second-order valence-electron chi connectivity index (χ2n) is 7.42. The van der Waals surface area contributed by atoms with E-state index in [9.17, 15) is 14.7 Å². The summed E-state index contributed by atoms with van der Waals surface area (Å²) in [5.74, 6) is -1.28. The summed E-state index contributed by atoms with van der Waals surface area (Å²) >= 11 is 0. The molecular formula is C24H20N4O4. The highest BCUT2D eigenvalue weighted by Crippen LogP contribution is 2.44. The van der Waals surface area contributed by atoms with Gasteiger partial charge in [0.15, 0.2) is 0 Å². The summed E-state index contributed by atoms with van der Waals surface area (Å²) in [7, 11) is 0. The predicted molar refractivity (Wildman–Crippen MR) is 119 cm³/mol. The van der Waals surface area contributed by atoms with Crippen molar-refractivity contribution in [1.29, 1.82) is 0 Å². The fourth-order valence-corrected chi connectivity index (χ4v) is 3.97. The van der Waals surface area contributed by atoms with Gasteiger partial charge in [0.2, 0.25) is 0 Å². The van der Waals surface area contributed by atoms with E-state index in [1.54, 1.807) is 24.3 Å². The standard InChI is InChI=1S/C24H20N4O4/c25-28-27-16-11-9-15(10-12-16)13-22(23(29)30)26-24(31)32-14-21-19-7-3-1-5-17(19)18-6-2-4-8-20(18)21/h1-12,21-22H,13-14H2,(H,26,31)(H,29,30). The number of carbonyl (C=O) groups is 2. The van der Waals surface area contributed by atoms with E-state index in [1.807, 2.05) is 48.5 Å². The lowest BCUT2D eigenvalue weighted by atomic mass is 9.98. The molecule has 8 nitrogen and oxygen atoms in total. The van der Waals surface area contributed by atoms with Crippen molar-refractivity contribution in [3.8, 4) is 11.1 Å². The minimum absolute atomic E-state index is 0.0656. The van der Waals surface area contributed by atoms with Crippen LogP contribution in [0.15, 0.2) is 77.9 Å². The quantitative estimate of drug-likeness (QED) is 0.306. The number of benzene rings is 3. The number of nitrogens with one attached hydrogen (secondary N) is 1. The first-order chi connectivity index (χ1) is 15.6. The van der Waals surface area contributed by atoms with E-state index in [0.717, 1.165) is 22.3 Å². The van der Waals surface area contributed by atoms with Crippen molar-refractivity contribution < 1.29 is 19.4 Å². The molecule has 0 bridgehead atoms. The predicted octanol–water partition coefficient (Wildman–Crippen LogP) is 5.16. The van der Waals surface area contributed by atoms with Crippen molar-refractivity contribution in [3.05, 3.63) is 99.9 Å². The maximum Gasteiger partial charge on any atom is 0.407 e. The molecule has 32 heavy (non-hydrogen) atoms. The molecule has 0 aromatic heterocycles. The van der Waals surface area contributed by atoms with Crippen molar-refractivity contribution in [2.24, 2.45) is 5.11 Å². The van der Waals surface area contributed by atoms with E-state index in [4.69, 9.17) is 10.3 Å². The SMILES string of the molecule is [N-]=[N+]=Nc1ccc(CC(NC(=O)OCC2c3ccccc3-c3ccccc32)C(=O)O)cc1. The Bertz CT molecular complexity index is 1160. The minimum atomic E-state index is -1.17. The smallest absolute Gasteiger partial charge is 0.407 e. The first kappa shape index (κ1) is 21.0. The largest absolute Gasteiger partial charge is 0.480 e. The van der Waals surface area contributed by atoms with Gasteiger partial charge in [-0.25, -0.2) is 9.59 Å². The fourth-order valence-electron chi connectivity index (χ4n) is 3.97. The van der Waals surface area contributed by atoms with Crippen LogP contribution in [0.25, 0.3) is 21.6 Å². The molecular weight excluding hydrogens is 408 g/mol. The molecule has 1 unspecified atom stereocenters. The van der Waals surface area contributed by atoms with E-state index in [2.05, 4.69) is 15.3 Å². The van der Waals surface area contributed by atoms with E-state index in [-0.39, 0.29) is 18.9 Å². The minimum Gasteiger partial charge on any atom is -0.480 e. The van der Waals surface area contributed by atoms with Crippen molar-refractivity contribution in [2.45, 2.75) is 18.4 Å². The summed E-state index contributed by atoms with van der Waals surface area (Å²) in [4.78, 5) is 26.8. The van der Waals surface area contributed by atoms with E-state index in [1.165, 1.54) is 0 Å². The summed E-state index contributed by atoms with van der Waals surface area (Å²) in [5.41, 5.74) is 14.0. The Kier molecular flexibility index (Phi) is 6.05. The van der Waals surface area contributed by atoms with Gasteiger partial charge in [-0.05, 0) is 33.3 Å². The molecule has 0 saturated carbocycles. The number of hydrogen-bond donors (Lipinski definition) is 2. The van der Waals surface area contributed by atoms with Crippen LogP contribution in [0.1, 0.15) is 22.6 Å². The number of rotatable bonds is 7. The van der Waals surface area contributed by atoms with Crippen LogP contribution in [0.3, 0.4) is 0 Å².